The van der Waals surface area contributed by atoms with Crippen LogP contribution in [-0.4, -0.2) is 32.5 Å². The Labute approximate surface area is 345 Å². The third-order valence-corrected chi connectivity index (χ3v) is 10.8. The first-order valence-electron chi connectivity index (χ1n) is 21.7. The fourth-order valence-corrected chi connectivity index (χ4v) is 7.76. The summed E-state index contributed by atoms with van der Waals surface area (Å²) in [5.74, 6) is 4.39. The van der Waals surface area contributed by atoms with Crippen LogP contribution in [0.5, 0.6) is 34.5 Å². The van der Waals surface area contributed by atoms with Gasteiger partial charge in [-0.15, -0.1) is 0 Å². The Balaban J connectivity index is 1.58. The lowest BCUT2D eigenvalue weighted by Crippen LogP contribution is -2.34. The summed E-state index contributed by atoms with van der Waals surface area (Å²) in [7, 11) is 0. The number of ether oxygens (including phenoxy) is 6. The van der Waals surface area contributed by atoms with Crippen LogP contribution in [-0.2, 0) is 5.60 Å². The van der Waals surface area contributed by atoms with Crippen molar-refractivity contribution < 1.29 is 28.4 Å². The van der Waals surface area contributed by atoms with Gasteiger partial charge in [0.25, 0.3) is 0 Å². The first kappa shape index (κ1) is 40.8. The van der Waals surface area contributed by atoms with Crippen molar-refractivity contribution in [1.82, 2.24) is 0 Å². The van der Waals surface area contributed by atoms with Crippen LogP contribution in [0.15, 0.2) is 97.1 Å². The van der Waals surface area contributed by atoms with Crippen LogP contribution in [0.1, 0.15) is 110 Å². The van der Waals surface area contributed by atoms with Crippen molar-refractivity contribution in [3.8, 4) is 34.5 Å². The average molecular weight is 781 g/mol. The van der Waals surface area contributed by atoms with Crippen LogP contribution in [0, 0.1) is 0 Å². The molecule has 0 bridgehead atoms. The van der Waals surface area contributed by atoms with Gasteiger partial charge in [-0.3, -0.25) is 0 Å². The standard InChI is InChI=1S/C52H60O6/c1-7-11-27-53-45-31-40-41-32-47(55-29-13-9-3)48(56-30-14-10-4)34-43(41)50-39-25-26-52(37-21-17-15-18-22-37,38-23-19-16-20-24-38)58-51(39)49(57-36(5)6)35-44(50)42(40)33-46(45)54-28-12-8-2/h15-26,31-36H,7-14,27-30H2,1-6H3. The highest BCUT2D eigenvalue weighted by molar-refractivity contribution is 6.28. The molecule has 6 heteroatoms. The van der Waals surface area contributed by atoms with Gasteiger partial charge in [0.05, 0.1) is 32.5 Å². The molecule has 7 rings (SSSR count). The van der Waals surface area contributed by atoms with Gasteiger partial charge >= 0.3 is 0 Å². The quantitative estimate of drug-likeness (QED) is 0.0568. The molecule has 0 N–H and O–H groups in total. The molecular weight excluding hydrogens is 721 g/mol. The van der Waals surface area contributed by atoms with Gasteiger partial charge in [0.2, 0.25) is 0 Å². The van der Waals surface area contributed by atoms with Crippen LogP contribution in [0.2, 0.25) is 0 Å². The Kier molecular flexibility index (Phi) is 13.3. The van der Waals surface area contributed by atoms with Gasteiger partial charge < -0.3 is 28.4 Å². The summed E-state index contributed by atoms with van der Waals surface area (Å²) in [5.41, 5.74) is 2.14. The van der Waals surface area contributed by atoms with E-state index in [1.54, 1.807) is 0 Å². The van der Waals surface area contributed by atoms with Gasteiger partial charge in [-0.2, -0.15) is 0 Å². The molecule has 1 aliphatic rings. The van der Waals surface area contributed by atoms with E-state index in [0.717, 1.165) is 123 Å². The summed E-state index contributed by atoms with van der Waals surface area (Å²) in [4.78, 5) is 0. The monoisotopic (exact) mass is 780 g/mol. The Bertz CT molecular complexity index is 2290. The molecular formula is C52H60O6. The van der Waals surface area contributed by atoms with Crippen LogP contribution >= 0.6 is 0 Å². The van der Waals surface area contributed by atoms with E-state index in [1.807, 2.05) is 12.1 Å². The lowest BCUT2D eigenvalue weighted by atomic mass is 9.82. The Morgan fingerprint density at radius 2 is 0.879 bits per heavy atom. The summed E-state index contributed by atoms with van der Waals surface area (Å²) < 4.78 is 40.3. The highest BCUT2D eigenvalue weighted by Gasteiger charge is 2.39. The van der Waals surface area contributed by atoms with Crippen LogP contribution in [0.3, 0.4) is 0 Å². The fourth-order valence-electron chi connectivity index (χ4n) is 7.76. The molecule has 1 aliphatic heterocycles. The highest BCUT2D eigenvalue weighted by atomic mass is 16.5. The number of benzene rings is 6. The number of hydrogen-bond donors (Lipinski definition) is 0. The largest absolute Gasteiger partial charge is 0.490 e. The number of hydrogen-bond acceptors (Lipinski definition) is 6. The van der Waals surface area contributed by atoms with E-state index in [0.29, 0.717) is 37.9 Å². The van der Waals surface area contributed by atoms with Crippen molar-refractivity contribution in [2.75, 3.05) is 26.4 Å². The zero-order valence-electron chi connectivity index (χ0n) is 35.3. The minimum Gasteiger partial charge on any atom is -0.490 e. The van der Waals surface area contributed by atoms with Crippen molar-refractivity contribution >= 4 is 38.4 Å². The smallest absolute Gasteiger partial charge is 0.178 e. The van der Waals surface area contributed by atoms with E-state index in [9.17, 15) is 0 Å². The van der Waals surface area contributed by atoms with Crippen molar-refractivity contribution in [1.29, 1.82) is 0 Å². The zero-order chi connectivity index (χ0) is 40.5. The molecule has 6 aromatic carbocycles. The van der Waals surface area contributed by atoms with Crippen molar-refractivity contribution in [2.24, 2.45) is 0 Å². The van der Waals surface area contributed by atoms with E-state index < -0.39 is 5.60 Å². The predicted molar refractivity (Wildman–Crippen MR) is 240 cm³/mol. The maximum absolute atomic E-state index is 7.44. The average Bonchev–Trinajstić information content (AvgIpc) is 3.24. The molecule has 6 aromatic rings. The molecule has 0 radical (unpaired) electrons. The summed E-state index contributed by atoms with van der Waals surface area (Å²) >= 11 is 0. The van der Waals surface area contributed by atoms with Gasteiger partial charge in [0.15, 0.2) is 40.1 Å². The summed E-state index contributed by atoms with van der Waals surface area (Å²) in [6, 6.07) is 31.8. The predicted octanol–water partition coefficient (Wildman–Crippen LogP) is 14.0. The summed E-state index contributed by atoms with van der Waals surface area (Å²) in [5, 5.41) is 6.29. The minimum absolute atomic E-state index is 0.0986. The normalized spacial score (nSPS) is 13.2. The Morgan fingerprint density at radius 1 is 0.500 bits per heavy atom. The minimum atomic E-state index is -0.884. The van der Waals surface area contributed by atoms with Crippen LogP contribution < -0.4 is 28.4 Å². The van der Waals surface area contributed by atoms with Gasteiger partial charge in [-0.05, 0) is 109 Å². The third-order valence-electron chi connectivity index (χ3n) is 10.8. The third kappa shape index (κ3) is 8.43. The van der Waals surface area contributed by atoms with Crippen molar-refractivity contribution in [3.05, 3.63) is 114 Å². The molecule has 0 aromatic heterocycles. The van der Waals surface area contributed by atoms with Crippen LogP contribution in [0.25, 0.3) is 38.4 Å². The highest BCUT2D eigenvalue weighted by Crippen LogP contribution is 2.53. The topological polar surface area (TPSA) is 55.4 Å². The molecule has 1 heterocycles. The lowest BCUT2D eigenvalue weighted by Gasteiger charge is -2.37. The maximum atomic E-state index is 7.44. The molecule has 0 amide bonds. The van der Waals surface area contributed by atoms with Gasteiger partial charge in [0, 0.05) is 22.1 Å². The van der Waals surface area contributed by atoms with Gasteiger partial charge in [-0.1, -0.05) is 114 Å². The van der Waals surface area contributed by atoms with Gasteiger partial charge in [0.1, 0.15) is 0 Å². The molecule has 0 atom stereocenters. The number of unbranched alkanes of at least 4 members (excludes halogenated alkanes) is 4. The van der Waals surface area contributed by atoms with Crippen LogP contribution in [0.4, 0.5) is 0 Å². The fraction of sp³-hybridized carbons (Fsp3) is 0.385. The first-order chi connectivity index (χ1) is 28.4. The van der Waals surface area contributed by atoms with E-state index in [-0.39, 0.29) is 6.10 Å². The molecule has 58 heavy (non-hydrogen) atoms. The van der Waals surface area contributed by atoms with E-state index in [2.05, 4.69) is 133 Å². The van der Waals surface area contributed by atoms with E-state index in [4.69, 9.17) is 28.4 Å². The maximum Gasteiger partial charge on any atom is 0.178 e. The number of rotatable bonds is 20. The second-order valence-electron chi connectivity index (χ2n) is 15.6. The second kappa shape index (κ2) is 18.9. The van der Waals surface area contributed by atoms with E-state index in [1.165, 1.54) is 0 Å². The number of fused-ring (bicyclic) bond motifs is 8. The second-order valence-corrected chi connectivity index (χ2v) is 15.6. The van der Waals surface area contributed by atoms with E-state index >= 15 is 0 Å². The summed E-state index contributed by atoms with van der Waals surface area (Å²) in [6.45, 7) is 15.3. The Morgan fingerprint density at radius 3 is 1.28 bits per heavy atom. The molecule has 0 saturated heterocycles. The molecule has 304 valence electrons. The zero-order valence-corrected chi connectivity index (χ0v) is 35.3. The van der Waals surface area contributed by atoms with Crippen molar-refractivity contribution in [3.63, 3.8) is 0 Å². The molecule has 0 unspecified atom stereocenters. The van der Waals surface area contributed by atoms with Crippen molar-refractivity contribution in [2.45, 2.75) is 105 Å². The first-order valence-corrected chi connectivity index (χ1v) is 21.7. The molecule has 0 fully saturated rings. The lowest BCUT2D eigenvalue weighted by molar-refractivity contribution is 0.145. The molecule has 6 nitrogen and oxygen atoms in total. The Hall–Kier alpha value is -5.36. The molecule has 0 spiro atoms. The SMILES string of the molecule is CCCCOc1cc2c3cc(OCCCC)c(OCCCC)cc3c3c4c(c(OC(C)C)cc3c2cc1OCCCC)OC(c1ccccc1)(c1ccccc1)C=C4. The molecule has 0 saturated carbocycles. The van der Waals surface area contributed by atoms with Gasteiger partial charge in [-0.25, -0.2) is 0 Å². The molecule has 0 aliphatic carbocycles. The summed E-state index contributed by atoms with van der Waals surface area (Å²) in [6.07, 6.45) is 12.3.